The lowest BCUT2D eigenvalue weighted by atomic mass is 10.2. The Hall–Kier alpha value is -1.36. The quantitative estimate of drug-likeness (QED) is 0.597. The Labute approximate surface area is 70.0 Å². The Kier molecular flexibility index (Phi) is 1.58. The predicted octanol–water partition coefficient (Wildman–Crippen LogP) is -0.329. The van der Waals surface area contributed by atoms with Gasteiger partial charge in [-0.3, -0.25) is 0 Å². The van der Waals surface area contributed by atoms with Crippen molar-refractivity contribution in [3.05, 3.63) is 11.3 Å². The Morgan fingerprint density at radius 2 is 2.25 bits per heavy atom. The first-order valence-corrected chi connectivity index (χ1v) is 3.71. The fourth-order valence-electron chi connectivity index (χ4n) is 1.26. The highest BCUT2D eigenvalue weighted by Crippen LogP contribution is 2.20. The number of hydrogen-bond donors (Lipinski definition) is 2. The number of aromatic nitrogens is 2. The molecule has 1 aromatic rings. The fraction of sp³-hybridized carbons (Fsp3) is 0.429. The minimum absolute atomic E-state index is 0.343. The zero-order chi connectivity index (χ0) is 8.55. The molecule has 0 aliphatic carbocycles. The van der Waals surface area contributed by atoms with E-state index in [9.17, 15) is 0 Å². The van der Waals surface area contributed by atoms with Gasteiger partial charge in [0.15, 0.2) is 0 Å². The van der Waals surface area contributed by atoms with Crippen LogP contribution < -0.4 is 15.8 Å². The van der Waals surface area contributed by atoms with Crippen molar-refractivity contribution < 1.29 is 4.74 Å². The van der Waals surface area contributed by atoms with E-state index in [-0.39, 0.29) is 0 Å². The number of fused-ring (bicyclic) bond motifs is 1. The van der Waals surface area contributed by atoms with E-state index in [2.05, 4.69) is 15.3 Å². The summed E-state index contributed by atoms with van der Waals surface area (Å²) in [6, 6.07) is 0.343. The fourth-order valence-corrected chi connectivity index (χ4v) is 1.26. The van der Waals surface area contributed by atoms with Gasteiger partial charge < -0.3 is 15.8 Å². The smallest absolute Gasteiger partial charge is 0.318 e. The maximum absolute atomic E-state index is 5.68. The summed E-state index contributed by atoms with van der Waals surface area (Å²) in [5, 5.41) is 3.14. The molecule has 0 spiro atoms. The molecule has 1 aromatic heterocycles. The van der Waals surface area contributed by atoms with E-state index in [0.29, 0.717) is 11.8 Å². The molecule has 0 bridgehead atoms. The van der Waals surface area contributed by atoms with Crippen LogP contribution in [0.3, 0.4) is 0 Å². The number of rotatable bonds is 1. The molecule has 64 valence electrons. The van der Waals surface area contributed by atoms with Gasteiger partial charge in [0.25, 0.3) is 0 Å². The number of nitrogens with zero attached hydrogens (tertiary/aromatic N) is 2. The number of anilines is 1. The van der Waals surface area contributed by atoms with Gasteiger partial charge in [0.2, 0.25) is 0 Å². The van der Waals surface area contributed by atoms with Gasteiger partial charge in [0.05, 0.1) is 12.8 Å². The number of nitrogen functional groups attached to an aromatic ring is 1. The second-order valence-corrected chi connectivity index (χ2v) is 2.62. The van der Waals surface area contributed by atoms with E-state index in [0.717, 1.165) is 24.3 Å². The standard InChI is InChI=1S/C7H10N4O/c1-12-7-10-5-3-9-2-4(5)6(8)11-7/h9H,2-3H2,1H3,(H2,8,10,11). The topological polar surface area (TPSA) is 73.1 Å². The normalized spacial score (nSPS) is 14.4. The summed E-state index contributed by atoms with van der Waals surface area (Å²) in [4.78, 5) is 8.12. The molecule has 5 heteroatoms. The highest BCUT2D eigenvalue weighted by molar-refractivity contribution is 5.44. The summed E-state index contributed by atoms with van der Waals surface area (Å²) in [5.41, 5.74) is 7.62. The number of methoxy groups -OCH3 is 1. The third kappa shape index (κ3) is 0.984. The molecule has 1 aliphatic rings. The Balaban J connectivity index is 2.51. The third-order valence-corrected chi connectivity index (χ3v) is 1.88. The van der Waals surface area contributed by atoms with Gasteiger partial charge in [0, 0.05) is 18.7 Å². The summed E-state index contributed by atoms with van der Waals surface area (Å²) in [7, 11) is 1.53. The molecule has 0 amide bonds. The summed E-state index contributed by atoms with van der Waals surface area (Å²) in [6.45, 7) is 1.50. The molecule has 3 N–H and O–H groups in total. The van der Waals surface area contributed by atoms with Gasteiger partial charge in [-0.1, -0.05) is 0 Å². The molecule has 5 nitrogen and oxygen atoms in total. The number of nitrogens with one attached hydrogen (secondary N) is 1. The molecule has 2 heterocycles. The van der Waals surface area contributed by atoms with Gasteiger partial charge in [-0.15, -0.1) is 0 Å². The summed E-state index contributed by atoms with van der Waals surface area (Å²) in [5.74, 6) is 0.516. The van der Waals surface area contributed by atoms with Crippen LogP contribution in [-0.2, 0) is 13.1 Å². The van der Waals surface area contributed by atoms with E-state index >= 15 is 0 Å². The van der Waals surface area contributed by atoms with Gasteiger partial charge in [-0.25, -0.2) is 0 Å². The highest BCUT2D eigenvalue weighted by atomic mass is 16.5. The second kappa shape index (κ2) is 2.60. The lowest BCUT2D eigenvalue weighted by Gasteiger charge is -2.03. The van der Waals surface area contributed by atoms with Crippen molar-refractivity contribution in [3.8, 4) is 6.01 Å². The Bertz CT molecular complexity index is 313. The van der Waals surface area contributed by atoms with E-state index in [1.165, 1.54) is 7.11 Å². The third-order valence-electron chi connectivity index (χ3n) is 1.88. The van der Waals surface area contributed by atoms with Crippen LogP contribution in [0.15, 0.2) is 0 Å². The molecule has 0 unspecified atom stereocenters. The zero-order valence-electron chi connectivity index (χ0n) is 6.79. The van der Waals surface area contributed by atoms with Crippen molar-refractivity contribution in [1.82, 2.24) is 15.3 Å². The lowest BCUT2D eigenvalue weighted by Crippen LogP contribution is -2.03. The minimum atomic E-state index is 0.343. The predicted molar refractivity (Wildman–Crippen MR) is 43.5 cm³/mol. The van der Waals surface area contributed by atoms with Gasteiger partial charge in [0.1, 0.15) is 5.82 Å². The van der Waals surface area contributed by atoms with E-state index in [1.54, 1.807) is 0 Å². The average Bonchev–Trinajstić information content (AvgIpc) is 2.52. The largest absolute Gasteiger partial charge is 0.467 e. The van der Waals surface area contributed by atoms with Crippen LogP contribution in [0, 0.1) is 0 Å². The Morgan fingerprint density at radius 1 is 1.42 bits per heavy atom. The van der Waals surface area contributed by atoms with E-state index in [4.69, 9.17) is 10.5 Å². The highest BCUT2D eigenvalue weighted by Gasteiger charge is 2.16. The van der Waals surface area contributed by atoms with Crippen molar-refractivity contribution in [3.63, 3.8) is 0 Å². The molecule has 1 aliphatic heterocycles. The van der Waals surface area contributed by atoms with Crippen LogP contribution in [0.5, 0.6) is 6.01 Å². The molecule has 2 rings (SSSR count). The van der Waals surface area contributed by atoms with Crippen LogP contribution in [0.25, 0.3) is 0 Å². The van der Waals surface area contributed by atoms with Crippen LogP contribution in [0.4, 0.5) is 5.82 Å². The summed E-state index contributed by atoms with van der Waals surface area (Å²) < 4.78 is 4.89. The first kappa shape index (κ1) is 7.30. The molecule has 0 saturated carbocycles. The van der Waals surface area contributed by atoms with Gasteiger partial charge >= 0.3 is 6.01 Å². The van der Waals surface area contributed by atoms with Crippen molar-refractivity contribution >= 4 is 5.82 Å². The first-order chi connectivity index (χ1) is 5.81. The number of ether oxygens (including phenoxy) is 1. The maximum Gasteiger partial charge on any atom is 0.318 e. The molecular formula is C7H10N4O. The van der Waals surface area contributed by atoms with Crippen LogP contribution in [0.2, 0.25) is 0 Å². The summed E-state index contributed by atoms with van der Waals surface area (Å²) in [6.07, 6.45) is 0. The van der Waals surface area contributed by atoms with Crippen molar-refractivity contribution in [2.75, 3.05) is 12.8 Å². The SMILES string of the molecule is COc1nc(N)c2c(n1)CNC2. The van der Waals surface area contributed by atoms with Crippen LogP contribution in [-0.4, -0.2) is 17.1 Å². The maximum atomic E-state index is 5.68. The molecule has 0 aromatic carbocycles. The first-order valence-electron chi connectivity index (χ1n) is 3.71. The minimum Gasteiger partial charge on any atom is -0.467 e. The van der Waals surface area contributed by atoms with Crippen molar-refractivity contribution in [2.24, 2.45) is 0 Å². The van der Waals surface area contributed by atoms with E-state index < -0.39 is 0 Å². The van der Waals surface area contributed by atoms with Crippen LogP contribution >= 0.6 is 0 Å². The van der Waals surface area contributed by atoms with Crippen molar-refractivity contribution in [2.45, 2.75) is 13.1 Å². The molecule has 0 radical (unpaired) electrons. The summed E-state index contributed by atoms with van der Waals surface area (Å²) >= 11 is 0. The van der Waals surface area contributed by atoms with Gasteiger partial charge in [-0.2, -0.15) is 9.97 Å². The average molecular weight is 166 g/mol. The van der Waals surface area contributed by atoms with Crippen LogP contribution in [0.1, 0.15) is 11.3 Å². The molecule has 0 fully saturated rings. The molecular weight excluding hydrogens is 156 g/mol. The Morgan fingerprint density at radius 3 is 3.00 bits per heavy atom. The molecule has 0 atom stereocenters. The lowest BCUT2D eigenvalue weighted by molar-refractivity contribution is 0.379. The number of nitrogens with two attached hydrogens (primary N) is 1. The monoisotopic (exact) mass is 166 g/mol. The zero-order valence-corrected chi connectivity index (χ0v) is 6.79. The molecule has 12 heavy (non-hydrogen) atoms. The second-order valence-electron chi connectivity index (χ2n) is 2.62. The molecule has 0 saturated heterocycles. The van der Waals surface area contributed by atoms with E-state index in [1.807, 2.05) is 0 Å². The van der Waals surface area contributed by atoms with Gasteiger partial charge in [-0.05, 0) is 0 Å². The van der Waals surface area contributed by atoms with Crippen molar-refractivity contribution in [1.29, 1.82) is 0 Å². The number of hydrogen-bond acceptors (Lipinski definition) is 5.